The van der Waals surface area contributed by atoms with Crippen molar-refractivity contribution in [3.63, 3.8) is 0 Å². The Morgan fingerprint density at radius 2 is 2.06 bits per heavy atom. The standard InChI is InChI=1S/C16H26N2/c1-3-7-16(14-8-5-4-6-9-14)18-11-10-13(2)15(17)12-18/h4-6,8-9,13,15-16H,3,7,10-12,17H2,1-2H3. The average molecular weight is 246 g/mol. The SMILES string of the molecule is CCCC(c1ccccc1)N1CCC(C)C(N)C1. The van der Waals surface area contributed by atoms with E-state index in [9.17, 15) is 0 Å². The Bertz CT molecular complexity index is 349. The van der Waals surface area contributed by atoms with E-state index in [-0.39, 0.29) is 0 Å². The Kier molecular flexibility index (Phi) is 4.79. The summed E-state index contributed by atoms with van der Waals surface area (Å²) < 4.78 is 0. The number of hydrogen-bond acceptors (Lipinski definition) is 2. The lowest BCUT2D eigenvalue weighted by Crippen LogP contribution is -2.48. The molecule has 0 amide bonds. The van der Waals surface area contributed by atoms with Crippen LogP contribution in [-0.2, 0) is 0 Å². The summed E-state index contributed by atoms with van der Waals surface area (Å²) in [6.07, 6.45) is 3.68. The molecule has 18 heavy (non-hydrogen) atoms. The van der Waals surface area contributed by atoms with Crippen LogP contribution in [0, 0.1) is 5.92 Å². The van der Waals surface area contributed by atoms with E-state index >= 15 is 0 Å². The third-order valence-electron chi connectivity index (χ3n) is 4.24. The highest BCUT2D eigenvalue weighted by atomic mass is 15.2. The molecule has 1 heterocycles. The van der Waals surface area contributed by atoms with E-state index in [1.54, 1.807) is 0 Å². The Hall–Kier alpha value is -0.860. The lowest BCUT2D eigenvalue weighted by atomic mass is 9.91. The summed E-state index contributed by atoms with van der Waals surface area (Å²) in [5.41, 5.74) is 7.68. The van der Waals surface area contributed by atoms with Gasteiger partial charge in [-0.25, -0.2) is 0 Å². The molecule has 0 aromatic heterocycles. The van der Waals surface area contributed by atoms with E-state index in [0.29, 0.717) is 18.0 Å². The Morgan fingerprint density at radius 1 is 1.33 bits per heavy atom. The molecule has 0 spiro atoms. The summed E-state index contributed by atoms with van der Waals surface area (Å²) >= 11 is 0. The molecule has 0 bridgehead atoms. The molecule has 1 fully saturated rings. The van der Waals surface area contributed by atoms with Crippen LogP contribution in [0.25, 0.3) is 0 Å². The minimum Gasteiger partial charge on any atom is -0.326 e. The van der Waals surface area contributed by atoms with Gasteiger partial charge in [-0.3, -0.25) is 4.90 Å². The first-order valence-corrected chi connectivity index (χ1v) is 7.27. The van der Waals surface area contributed by atoms with Gasteiger partial charge in [0.25, 0.3) is 0 Å². The van der Waals surface area contributed by atoms with Gasteiger partial charge in [-0.1, -0.05) is 50.6 Å². The highest BCUT2D eigenvalue weighted by molar-refractivity contribution is 5.19. The Morgan fingerprint density at radius 3 is 2.67 bits per heavy atom. The van der Waals surface area contributed by atoms with Crippen molar-refractivity contribution in [2.75, 3.05) is 13.1 Å². The van der Waals surface area contributed by atoms with Gasteiger partial charge in [0.2, 0.25) is 0 Å². The number of rotatable bonds is 4. The Labute approximate surface area is 111 Å². The minimum atomic E-state index is 0.335. The minimum absolute atomic E-state index is 0.335. The first-order valence-electron chi connectivity index (χ1n) is 7.27. The van der Waals surface area contributed by atoms with Crippen LogP contribution in [0.15, 0.2) is 30.3 Å². The summed E-state index contributed by atoms with van der Waals surface area (Å²) in [4.78, 5) is 2.59. The highest BCUT2D eigenvalue weighted by Gasteiger charge is 2.28. The fraction of sp³-hybridized carbons (Fsp3) is 0.625. The van der Waals surface area contributed by atoms with Crippen LogP contribution < -0.4 is 5.73 Å². The van der Waals surface area contributed by atoms with Gasteiger partial charge in [-0.05, 0) is 30.9 Å². The maximum Gasteiger partial charge on any atom is 0.0348 e. The van der Waals surface area contributed by atoms with Crippen LogP contribution >= 0.6 is 0 Å². The van der Waals surface area contributed by atoms with Gasteiger partial charge in [0.1, 0.15) is 0 Å². The van der Waals surface area contributed by atoms with Crippen LogP contribution in [0.4, 0.5) is 0 Å². The molecule has 1 aliphatic rings. The zero-order valence-electron chi connectivity index (χ0n) is 11.7. The van der Waals surface area contributed by atoms with Gasteiger partial charge in [0.15, 0.2) is 0 Å². The van der Waals surface area contributed by atoms with Crippen LogP contribution in [0.1, 0.15) is 44.7 Å². The van der Waals surface area contributed by atoms with Crippen molar-refractivity contribution in [3.05, 3.63) is 35.9 Å². The van der Waals surface area contributed by atoms with Crippen LogP contribution in [0.2, 0.25) is 0 Å². The lowest BCUT2D eigenvalue weighted by Gasteiger charge is -2.40. The van der Waals surface area contributed by atoms with Crippen molar-refractivity contribution < 1.29 is 0 Å². The number of likely N-dealkylation sites (tertiary alicyclic amines) is 1. The third-order valence-corrected chi connectivity index (χ3v) is 4.24. The first-order chi connectivity index (χ1) is 8.72. The maximum absolute atomic E-state index is 6.24. The third kappa shape index (κ3) is 3.12. The summed E-state index contributed by atoms with van der Waals surface area (Å²) in [7, 11) is 0. The van der Waals surface area contributed by atoms with E-state index in [4.69, 9.17) is 5.73 Å². The molecule has 1 aliphatic heterocycles. The molecule has 1 aromatic rings. The lowest BCUT2D eigenvalue weighted by molar-refractivity contribution is 0.114. The van der Waals surface area contributed by atoms with Crippen LogP contribution in [-0.4, -0.2) is 24.0 Å². The summed E-state index contributed by atoms with van der Waals surface area (Å²) in [6.45, 7) is 6.77. The van der Waals surface area contributed by atoms with Crippen molar-refractivity contribution in [2.45, 2.75) is 45.2 Å². The van der Waals surface area contributed by atoms with E-state index in [2.05, 4.69) is 49.1 Å². The van der Waals surface area contributed by atoms with E-state index in [0.717, 1.165) is 6.54 Å². The van der Waals surface area contributed by atoms with Crippen LogP contribution in [0.5, 0.6) is 0 Å². The molecular formula is C16H26N2. The molecule has 0 saturated carbocycles. The number of nitrogens with two attached hydrogens (primary N) is 1. The normalized spacial score (nSPS) is 27.1. The number of nitrogens with zero attached hydrogens (tertiary/aromatic N) is 1. The number of piperidine rings is 1. The monoisotopic (exact) mass is 246 g/mol. The van der Waals surface area contributed by atoms with Gasteiger partial charge in [0, 0.05) is 18.6 Å². The van der Waals surface area contributed by atoms with Crippen molar-refractivity contribution >= 4 is 0 Å². The largest absolute Gasteiger partial charge is 0.326 e. The number of benzene rings is 1. The molecule has 1 saturated heterocycles. The Balaban J connectivity index is 2.11. The zero-order chi connectivity index (χ0) is 13.0. The van der Waals surface area contributed by atoms with E-state index in [1.807, 2.05) is 0 Å². The van der Waals surface area contributed by atoms with Crippen molar-refractivity contribution in [2.24, 2.45) is 11.7 Å². The zero-order valence-corrected chi connectivity index (χ0v) is 11.7. The highest BCUT2D eigenvalue weighted by Crippen LogP contribution is 2.29. The summed E-state index contributed by atoms with van der Waals surface area (Å²) in [6, 6.07) is 11.8. The van der Waals surface area contributed by atoms with Gasteiger partial charge < -0.3 is 5.73 Å². The molecule has 2 N–H and O–H groups in total. The molecule has 0 radical (unpaired) electrons. The first kappa shape index (κ1) is 13.6. The topological polar surface area (TPSA) is 29.3 Å². The smallest absolute Gasteiger partial charge is 0.0348 e. The van der Waals surface area contributed by atoms with Crippen molar-refractivity contribution in [1.82, 2.24) is 4.90 Å². The van der Waals surface area contributed by atoms with Gasteiger partial charge in [-0.15, -0.1) is 0 Å². The molecule has 100 valence electrons. The number of hydrogen-bond donors (Lipinski definition) is 1. The quantitative estimate of drug-likeness (QED) is 0.884. The maximum atomic E-state index is 6.24. The second-order valence-electron chi connectivity index (χ2n) is 5.64. The van der Waals surface area contributed by atoms with Crippen LogP contribution in [0.3, 0.4) is 0 Å². The second kappa shape index (κ2) is 6.35. The predicted octanol–water partition coefficient (Wildman–Crippen LogP) is 3.20. The van der Waals surface area contributed by atoms with Crippen molar-refractivity contribution in [1.29, 1.82) is 0 Å². The summed E-state index contributed by atoms with van der Waals surface area (Å²) in [5.74, 6) is 0.666. The van der Waals surface area contributed by atoms with E-state index < -0.39 is 0 Å². The van der Waals surface area contributed by atoms with Crippen molar-refractivity contribution in [3.8, 4) is 0 Å². The molecule has 3 atom stereocenters. The predicted molar refractivity (Wildman–Crippen MR) is 77.4 cm³/mol. The fourth-order valence-electron chi connectivity index (χ4n) is 2.92. The molecule has 1 aromatic carbocycles. The van der Waals surface area contributed by atoms with Gasteiger partial charge >= 0.3 is 0 Å². The van der Waals surface area contributed by atoms with Gasteiger partial charge in [-0.2, -0.15) is 0 Å². The molecule has 2 nitrogen and oxygen atoms in total. The van der Waals surface area contributed by atoms with Gasteiger partial charge in [0.05, 0.1) is 0 Å². The molecule has 3 unspecified atom stereocenters. The average Bonchev–Trinajstić information content (AvgIpc) is 2.40. The molecular weight excluding hydrogens is 220 g/mol. The molecule has 2 rings (SSSR count). The van der Waals surface area contributed by atoms with E-state index in [1.165, 1.54) is 31.4 Å². The molecule has 0 aliphatic carbocycles. The fourth-order valence-corrected chi connectivity index (χ4v) is 2.92. The molecule has 2 heteroatoms. The second-order valence-corrected chi connectivity index (χ2v) is 5.64. The summed E-state index contributed by atoms with van der Waals surface area (Å²) in [5, 5.41) is 0.